The first-order valence-corrected chi connectivity index (χ1v) is 8.38. The van der Waals surface area contributed by atoms with Crippen molar-refractivity contribution >= 4 is 29.1 Å². The molecule has 0 aliphatic carbocycles. The molecule has 0 bridgehead atoms. The molecule has 0 radical (unpaired) electrons. The standard InChI is InChI=1S/C17H20ClN5O/c1-12-10-16(23-8-2-3-9-23)22-15(20-12)11-19-17(24)21-14-6-4-13(18)5-7-14/h4-7,10H,2-3,8-9,11H2,1H3,(H2,19,21,24). The van der Waals surface area contributed by atoms with Crippen LogP contribution in [0.5, 0.6) is 0 Å². The second-order valence-electron chi connectivity index (χ2n) is 5.79. The zero-order chi connectivity index (χ0) is 16.9. The van der Waals surface area contributed by atoms with Crippen LogP contribution >= 0.6 is 11.6 Å². The maximum absolute atomic E-state index is 12.0. The largest absolute Gasteiger partial charge is 0.357 e. The first kappa shape index (κ1) is 16.5. The van der Waals surface area contributed by atoms with Crippen molar-refractivity contribution in [3.8, 4) is 0 Å². The number of amides is 2. The van der Waals surface area contributed by atoms with Crippen molar-refractivity contribution in [2.45, 2.75) is 26.3 Å². The van der Waals surface area contributed by atoms with Gasteiger partial charge in [0.25, 0.3) is 0 Å². The number of benzene rings is 1. The van der Waals surface area contributed by atoms with Crippen molar-refractivity contribution < 1.29 is 4.79 Å². The predicted molar refractivity (Wildman–Crippen MR) is 95.5 cm³/mol. The fourth-order valence-electron chi connectivity index (χ4n) is 2.67. The van der Waals surface area contributed by atoms with Crippen LogP contribution < -0.4 is 15.5 Å². The molecule has 2 aromatic rings. The molecule has 1 aromatic carbocycles. The monoisotopic (exact) mass is 345 g/mol. The highest BCUT2D eigenvalue weighted by atomic mass is 35.5. The van der Waals surface area contributed by atoms with Crippen LogP contribution in [0.25, 0.3) is 0 Å². The number of hydrogen-bond acceptors (Lipinski definition) is 4. The number of rotatable bonds is 4. The van der Waals surface area contributed by atoms with Crippen molar-refractivity contribution in [1.82, 2.24) is 15.3 Å². The van der Waals surface area contributed by atoms with E-state index in [4.69, 9.17) is 11.6 Å². The van der Waals surface area contributed by atoms with Gasteiger partial charge in [-0.3, -0.25) is 0 Å². The highest BCUT2D eigenvalue weighted by molar-refractivity contribution is 6.30. The van der Waals surface area contributed by atoms with Crippen LogP contribution in [0.2, 0.25) is 5.02 Å². The molecule has 7 heteroatoms. The van der Waals surface area contributed by atoms with Gasteiger partial charge in [0.1, 0.15) is 11.6 Å². The lowest BCUT2D eigenvalue weighted by Gasteiger charge is -2.17. The number of carbonyl (C=O) groups is 1. The lowest BCUT2D eigenvalue weighted by atomic mass is 10.3. The van der Waals surface area contributed by atoms with Crippen LogP contribution in [0.4, 0.5) is 16.3 Å². The van der Waals surface area contributed by atoms with E-state index in [9.17, 15) is 4.79 Å². The van der Waals surface area contributed by atoms with Gasteiger partial charge in [-0.2, -0.15) is 0 Å². The van der Waals surface area contributed by atoms with Crippen LogP contribution in [-0.4, -0.2) is 29.1 Å². The molecule has 3 rings (SSSR count). The van der Waals surface area contributed by atoms with E-state index in [0.29, 0.717) is 16.5 Å². The average molecular weight is 346 g/mol. The molecule has 1 saturated heterocycles. The van der Waals surface area contributed by atoms with Crippen molar-refractivity contribution in [1.29, 1.82) is 0 Å². The van der Waals surface area contributed by atoms with Crippen molar-refractivity contribution in [2.24, 2.45) is 0 Å². The average Bonchev–Trinajstić information content (AvgIpc) is 3.09. The van der Waals surface area contributed by atoms with E-state index >= 15 is 0 Å². The van der Waals surface area contributed by atoms with Crippen LogP contribution in [0.1, 0.15) is 24.4 Å². The summed E-state index contributed by atoms with van der Waals surface area (Å²) in [5.74, 6) is 1.55. The smallest absolute Gasteiger partial charge is 0.319 e. The Bertz CT molecular complexity index is 713. The van der Waals surface area contributed by atoms with E-state index in [2.05, 4.69) is 25.5 Å². The second-order valence-corrected chi connectivity index (χ2v) is 6.23. The van der Waals surface area contributed by atoms with Gasteiger partial charge in [0.05, 0.1) is 6.54 Å². The minimum atomic E-state index is -0.301. The summed E-state index contributed by atoms with van der Waals surface area (Å²) in [5.41, 5.74) is 1.58. The van der Waals surface area contributed by atoms with Gasteiger partial charge in [-0.1, -0.05) is 11.6 Å². The summed E-state index contributed by atoms with van der Waals surface area (Å²) in [4.78, 5) is 23.2. The first-order chi connectivity index (χ1) is 11.6. The molecule has 1 aromatic heterocycles. The van der Waals surface area contributed by atoms with Crippen molar-refractivity contribution in [3.05, 3.63) is 46.9 Å². The molecule has 0 atom stereocenters. The number of aromatic nitrogens is 2. The van der Waals surface area contributed by atoms with Gasteiger partial charge in [0, 0.05) is 35.6 Å². The highest BCUT2D eigenvalue weighted by Crippen LogP contribution is 2.18. The summed E-state index contributed by atoms with van der Waals surface area (Å²) in [6.07, 6.45) is 2.39. The Hall–Kier alpha value is -2.34. The fraction of sp³-hybridized carbons (Fsp3) is 0.353. The number of nitrogens with one attached hydrogen (secondary N) is 2. The van der Waals surface area contributed by atoms with Crippen molar-refractivity contribution in [2.75, 3.05) is 23.3 Å². The Kier molecular flexibility index (Phi) is 5.15. The number of carbonyl (C=O) groups excluding carboxylic acids is 1. The molecule has 24 heavy (non-hydrogen) atoms. The summed E-state index contributed by atoms with van der Waals surface area (Å²) >= 11 is 5.82. The third-order valence-corrected chi connectivity index (χ3v) is 4.08. The highest BCUT2D eigenvalue weighted by Gasteiger charge is 2.15. The van der Waals surface area contributed by atoms with E-state index < -0.39 is 0 Å². The molecule has 6 nitrogen and oxygen atoms in total. The number of urea groups is 1. The maximum Gasteiger partial charge on any atom is 0.319 e. The van der Waals surface area contributed by atoms with Gasteiger partial charge in [-0.05, 0) is 44.0 Å². The molecule has 2 amide bonds. The van der Waals surface area contributed by atoms with Gasteiger partial charge in [0.2, 0.25) is 0 Å². The summed E-state index contributed by atoms with van der Waals surface area (Å²) in [5, 5.41) is 6.16. The molecule has 1 aliphatic rings. The molecular formula is C17H20ClN5O. The number of nitrogens with zero attached hydrogens (tertiary/aromatic N) is 3. The molecule has 1 fully saturated rings. The second kappa shape index (κ2) is 7.49. The lowest BCUT2D eigenvalue weighted by Crippen LogP contribution is -2.29. The predicted octanol–water partition coefficient (Wildman–Crippen LogP) is 3.36. The zero-order valence-electron chi connectivity index (χ0n) is 13.6. The van der Waals surface area contributed by atoms with E-state index in [-0.39, 0.29) is 12.6 Å². The summed E-state index contributed by atoms with van der Waals surface area (Å²) in [6.45, 7) is 4.28. The Balaban J connectivity index is 1.59. The summed E-state index contributed by atoms with van der Waals surface area (Å²) < 4.78 is 0. The van der Waals surface area contributed by atoms with Crippen LogP contribution in [0.15, 0.2) is 30.3 Å². The Labute approximate surface area is 146 Å². The molecule has 2 N–H and O–H groups in total. The minimum Gasteiger partial charge on any atom is -0.357 e. The zero-order valence-corrected chi connectivity index (χ0v) is 14.3. The van der Waals surface area contributed by atoms with E-state index in [1.807, 2.05) is 13.0 Å². The number of aryl methyl sites for hydroxylation is 1. The van der Waals surface area contributed by atoms with Gasteiger partial charge in [0.15, 0.2) is 0 Å². The van der Waals surface area contributed by atoms with E-state index in [0.717, 1.165) is 24.6 Å². The maximum atomic E-state index is 12.0. The van der Waals surface area contributed by atoms with Crippen LogP contribution in [-0.2, 0) is 6.54 Å². The van der Waals surface area contributed by atoms with Gasteiger partial charge >= 0.3 is 6.03 Å². The van der Waals surface area contributed by atoms with E-state index in [1.165, 1.54) is 12.8 Å². The van der Waals surface area contributed by atoms with E-state index in [1.54, 1.807) is 24.3 Å². The topological polar surface area (TPSA) is 70.2 Å². The van der Waals surface area contributed by atoms with Gasteiger partial charge in [-0.15, -0.1) is 0 Å². The molecule has 0 saturated carbocycles. The van der Waals surface area contributed by atoms with Gasteiger partial charge < -0.3 is 15.5 Å². The Morgan fingerprint density at radius 3 is 2.62 bits per heavy atom. The molecule has 2 heterocycles. The molecule has 0 unspecified atom stereocenters. The molecular weight excluding hydrogens is 326 g/mol. The normalized spacial score (nSPS) is 13.8. The summed E-state index contributed by atoms with van der Waals surface area (Å²) in [6, 6.07) is 8.63. The SMILES string of the molecule is Cc1cc(N2CCCC2)nc(CNC(=O)Nc2ccc(Cl)cc2)n1. The quantitative estimate of drug-likeness (QED) is 0.891. The lowest BCUT2D eigenvalue weighted by molar-refractivity contribution is 0.251. The Morgan fingerprint density at radius 1 is 1.21 bits per heavy atom. The van der Waals surface area contributed by atoms with Gasteiger partial charge in [-0.25, -0.2) is 14.8 Å². The minimum absolute atomic E-state index is 0.280. The number of anilines is 2. The molecule has 0 spiro atoms. The Morgan fingerprint density at radius 2 is 1.92 bits per heavy atom. The fourth-order valence-corrected chi connectivity index (χ4v) is 2.79. The molecule has 126 valence electrons. The van der Waals surface area contributed by atoms with Crippen LogP contribution in [0, 0.1) is 6.92 Å². The third-order valence-electron chi connectivity index (χ3n) is 3.83. The number of hydrogen-bond donors (Lipinski definition) is 2. The number of halogens is 1. The van der Waals surface area contributed by atoms with Crippen molar-refractivity contribution in [3.63, 3.8) is 0 Å². The third kappa shape index (κ3) is 4.35. The van der Waals surface area contributed by atoms with Crippen LogP contribution in [0.3, 0.4) is 0 Å². The first-order valence-electron chi connectivity index (χ1n) is 8.00. The molecule has 1 aliphatic heterocycles. The summed E-state index contributed by atoms with van der Waals surface area (Å²) in [7, 11) is 0.